The summed E-state index contributed by atoms with van der Waals surface area (Å²) in [5, 5.41) is 8.55. The lowest BCUT2D eigenvalue weighted by atomic mass is 9.91. The minimum Gasteiger partial charge on any atom is -0.379 e. The number of rotatable bonds is 6. The fourth-order valence-corrected chi connectivity index (χ4v) is 3.29. The molecule has 1 aliphatic heterocycles. The van der Waals surface area contributed by atoms with Crippen molar-refractivity contribution in [2.24, 2.45) is 0 Å². The van der Waals surface area contributed by atoms with Gasteiger partial charge in [-0.15, -0.1) is 11.8 Å². The molecule has 0 saturated carbocycles. The summed E-state index contributed by atoms with van der Waals surface area (Å²) in [4.78, 5) is 16.1. The zero-order valence-corrected chi connectivity index (χ0v) is 14.0. The van der Waals surface area contributed by atoms with E-state index in [1.54, 1.807) is 11.8 Å². The number of carbonyl (C=O) groups is 1. The highest BCUT2D eigenvalue weighted by Crippen LogP contribution is 2.24. The molecule has 0 atom stereocenters. The van der Waals surface area contributed by atoms with Crippen molar-refractivity contribution in [1.82, 2.24) is 4.90 Å². The van der Waals surface area contributed by atoms with Gasteiger partial charge in [-0.25, -0.2) is 0 Å². The van der Waals surface area contributed by atoms with Crippen molar-refractivity contribution in [2.75, 3.05) is 32.1 Å². The average Bonchev–Trinajstić information content (AvgIpc) is 2.56. The maximum atomic E-state index is 12.8. The number of nitrogens with zero attached hydrogens (tertiary/aromatic N) is 2. The summed E-state index contributed by atoms with van der Waals surface area (Å²) in [6, 6.07) is 9.84. The van der Waals surface area contributed by atoms with Gasteiger partial charge in [-0.1, -0.05) is 12.1 Å². The molecule has 0 radical (unpaired) electrons. The van der Waals surface area contributed by atoms with Crippen molar-refractivity contribution in [2.45, 2.75) is 30.7 Å². The van der Waals surface area contributed by atoms with Gasteiger partial charge in [-0.2, -0.15) is 5.26 Å². The smallest absolute Gasteiger partial charge is 0.182 e. The maximum Gasteiger partial charge on any atom is 0.182 e. The second-order valence-electron chi connectivity index (χ2n) is 5.77. The van der Waals surface area contributed by atoms with Crippen LogP contribution in [0.4, 0.5) is 0 Å². The minimum absolute atomic E-state index is 0.142. The van der Waals surface area contributed by atoms with E-state index in [9.17, 15) is 4.79 Å². The van der Waals surface area contributed by atoms with Crippen molar-refractivity contribution >= 4 is 17.5 Å². The first-order valence-electron chi connectivity index (χ1n) is 7.53. The van der Waals surface area contributed by atoms with Crippen LogP contribution in [0.25, 0.3) is 0 Å². The molecular formula is C17H22N2O2S. The first kappa shape index (κ1) is 17.0. The fraction of sp³-hybridized carbons (Fsp3) is 0.529. The van der Waals surface area contributed by atoms with Gasteiger partial charge in [0.15, 0.2) is 5.78 Å². The molecule has 1 saturated heterocycles. The highest BCUT2D eigenvalue weighted by molar-refractivity contribution is 7.99. The van der Waals surface area contributed by atoms with Gasteiger partial charge in [-0.05, 0) is 26.0 Å². The molecule has 0 bridgehead atoms. The van der Waals surface area contributed by atoms with E-state index in [-0.39, 0.29) is 5.78 Å². The number of ether oxygens (including phenoxy) is 1. The number of thioether (sulfide) groups is 1. The van der Waals surface area contributed by atoms with E-state index in [0.29, 0.717) is 19.6 Å². The summed E-state index contributed by atoms with van der Waals surface area (Å²) in [6.07, 6.45) is 0.537. The highest BCUT2D eigenvalue weighted by atomic mass is 32.2. The molecule has 4 nitrogen and oxygen atoms in total. The molecular weight excluding hydrogens is 296 g/mol. The number of nitriles is 1. The summed E-state index contributed by atoms with van der Waals surface area (Å²) < 4.78 is 5.36. The molecule has 0 amide bonds. The normalized spacial score (nSPS) is 16.2. The summed E-state index contributed by atoms with van der Waals surface area (Å²) in [5.74, 6) is 0.922. The molecule has 0 spiro atoms. The monoisotopic (exact) mass is 318 g/mol. The number of benzene rings is 1. The van der Waals surface area contributed by atoms with Gasteiger partial charge in [-0.3, -0.25) is 9.69 Å². The standard InChI is InChI=1S/C17H22N2O2S/c1-17(2,19-9-11-21-12-10-19)16(20)14-4-6-15(7-5-14)22-13-3-8-18/h4-7H,3,9-13H2,1-2H3. The molecule has 1 aliphatic rings. The van der Waals surface area contributed by atoms with Gasteiger partial charge >= 0.3 is 0 Å². The molecule has 5 heteroatoms. The van der Waals surface area contributed by atoms with E-state index in [1.807, 2.05) is 38.1 Å². The summed E-state index contributed by atoms with van der Waals surface area (Å²) in [6.45, 7) is 6.92. The fourth-order valence-electron chi connectivity index (χ4n) is 2.54. The second-order valence-corrected chi connectivity index (χ2v) is 6.94. The van der Waals surface area contributed by atoms with Gasteiger partial charge in [0.2, 0.25) is 0 Å². The maximum absolute atomic E-state index is 12.8. The molecule has 1 aromatic carbocycles. The Hall–Kier alpha value is -1.35. The van der Waals surface area contributed by atoms with Crippen LogP contribution in [0, 0.1) is 11.3 Å². The summed E-state index contributed by atoms with van der Waals surface area (Å²) in [7, 11) is 0. The van der Waals surface area contributed by atoms with E-state index >= 15 is 0 Å². The molecule has 0 unspecified atom stereocenters. The Morgan fingerprint density at radius 2 is 1.95 bits per heavy atom. The molecule has 0 aliphatic carbocycles. The van der Waals surface area contributed by atoms with Crippen LogP contribution in [0.3, 0.4) is 0 Å². The third kappa shape index (κ3) is 4.10. The third-order valence-corrected chi connectivity index (χ3v) is 4.97. The Balaban J connectivity index is 2.03. The lowest BCUT2D eigenvalue weighted by Gasteiger charge is -2.39. The van der Waals surface area contributed by atoms with E-state index in [2.05, 4.69) is 11.0 Å². The topological polar surface area (TPSA) is 53.3 Å². The van der Waals surface area contributed by atoms with Crippen LogP contribution in [0.2, 0.25) is 0 Å². The van der Waals surface area contributed by atoms with Crippen molar-refractivity contribution in [3.8, 4) is 6.07 Å². The van der Waals surface area contributed by atoms with Crippen LogP contribution >= 0.6 is 11.8 Å². The Labute approximate surface area is 136 Å². The number of Topliss-reactive ketones (excluding diaryl/α,β-unsaturated/α-hetero) is 1. The van der Waals surface area contributed by atoms with Gasteiger partial charge in [0.25, 0.3) is 0 Å². The van der Waals surface area contributed by atoms with Crippen molar-refractivity contribution in [1.29, 1.82) is 5.26 Å². The van der Waals surface area contributed by atoms with Crippen molar-refractivity contribution < 1.29 is 9.53 Å². The Bertz CT molecular complexity index is 543. The van der Waals surface area contributed by atoms with E-state index in [0.717, 1.165) is 29.3 Å². The van der Waals surface area contributed by atoms with Crippen molar-refractivity contribution in [3.63, 3.8) is 0 Å². The summed E-state index contributed by atoms with van der Waals surface area (Å²) in [5.41, 5.74) is 0.223. The van der Waals surface area contributed by atoms with Crippen LogP contribution in [-0.4, -0.2) is 48.3 Å². The lowest BCUT2D eigenvalue weighted by molar-refractivity contribution is -0.00430. The molecule has 1 heterocycles. The quantitative estimate of drug-likeness (QED) is 0.458. The predicted octanol–water partition coefficient (Wildman–Crippen LogP) is 2.99. The molecule has 118 valence electrons. The predicted molar refractivity (Wildman–Crippen MR) is 88.2 cm³/mol. The number of morpholine rings is 1. The Morgan fingerprint density at radius 3 is 2.55 bits per heavy atom. The third-order valence-electron chi connectivity index (χ3n) is 3.96. The highest BCUT2D eigenvalue weighted by Gasteiger charge is 2.35. The number of hydrogen-bond donors (Lipinski definition) is 0. The first-order valence-corrected chi connectivity index (χ1v) is 8.51. The SMILES string of the molecule is CC(C)(C(=O)c1ccc(SCCC#N)cc1)N1CCOCC1. The van der Waals surface area contributed by atoms with Crippen LogP contribution in [0.5, 0.6) is 0 Å². The second kappa shape index (κ2) is 7.77. The molecule has 2 rings (SSSR count). The van der Waals surface area contributed by atoms with E-state index in [4.69, 9.17) is 10.00 Å². The van der Waals surface area contributed by atoms with Crippen molar-refractivity contribution in [3.05, 3.63) is 29.8 Å². The lowest BCUT2D eigenvalue weighted by Crippen LogP contribution is -2.54. The average molecular weight is 318 g/mol. The van der Waals surface area contributed by atoms with Crippen LogP contribution < -0.4 is 0 Å². The zero-order valence-electron chi connectivity index (χ0n) is 13.2. The van der Waals surface area contributed by atoms with Gasteiger partial charge in [0.1, 0.15) is 0 Å². The Kier molecular flexibility index (Phi) is 6.01. The molecule has 22 heavy (non-hydrogen) atoms. The number of carbonyl (C=O) groups excluding carboxylic acids is 1. The first-order chi connectivity index (χ1) is 10.6. The molecule has 1 aromatic rings. The van der Waals surface area contributed by atoms with Gasteiger partial charge < -0.3 is 4.74 Å². The van der Waals surface area contributed by atoms with Gasteiger partial charge in [0, 0.05) is 35.7 Å². The molecule has 0 N–H and O–H groups in total. The van der Waals surface area contributed by atoms with E-state index < -0.39 is 5.54 Å². The Morgan fingerprint density at radius 1 is 1.32 bits per heavy atom. The van der Waals surface area contributed by atoms with Crippen LogP contribution in [-0.2, 0) is 4.74 Å². The van der Waals surface area contributed by atoms with E-state index in [1.165, 1.54) is 0 Å². The van der Waals surface area contributed by atoms with Crippen LogP contribution in [0.1, 0.15) is 30.6 Å². The summed E-state index contributed by atoms with van der Waals surface area (Å²) >= 11 is 1.64. The van der Waals surface area contributed by atoms with Crippen LogP contribution in [0.15, 0.2) is 29.2 Å². The minimum atomic E-state index is -0.515. The molecule has 0 aromatic heterocycles. The van der Waals surface area contributed by atoms with Gasteiger partial charge in [0.05, 0.1) is 24.8 Å². The number of hydrogen-bond acceptors (Lipinski definition) is 5. The number of ketones is 1. The largest absolute Gasteiger partial charge is 0.379 e. The molecule has 1 fully saturated rings. The zero-order chi connectivity index (χ0) is 16.0.